The smallest absolute Gasteiger partial charge is 0.307 e. The van der Waals surface area contributed by atoms with Crippen molar-refractivity contribution in [3.05, 3.63) is 23.4 Å². The van der Waals surface area contributed by atoms with Gasteiger partial charge in [0.2, 0.25) is 0 Å². The standard InChI is InChI=1S/C15H18N2O5S/c1-7(18)22-6-9-4-8(5-10(9)15(20)21)12-13(19)17-3-2-11(16)23-14(12)17/h2-3,9-11,14H,4-6,16H2,1H3,(H,20,21)/t9?,10?,11?,14-/m1/s1. The van der Waals surface area contributed by atoms with Crippen LogP contribution >= 0.6 is 11.8 Å². The number of carbonyl (C=O) groups excluding carboxylic acids is 2. The first-order chi connectivity index (χ1) is 10.9. The normalized spacial score (nSPS) is 35.7. The first kappa shape index (κ1) is 16.1. The van der Waals surface area contributed by atoms with E-state index in [9.17, 15) is 19.5 Å². The van der Waals surface area contributed by atoms with E-state index in [1.807, 2.05) is 0 Å². The molecular formula is C15H18N2O5S. The van der Waals surface area contributed by atoms with Crippen LogP contribution in [0, 0.1) is 11.8 Å². The average molecular weight is 338 g/mol. The van der Waals surface area contributed by atoms with E-state index in [0.717, 1.165) is 5.57 Å². The summed E-state index contributed by atoms with van der Waals surface area (Å²) in [6.45, 7) is 1.36. The topological polar surface area (TPSA) is 110 Å². The van der Waals surface area contributed by atoms with Crippen molar-refractivity contribution >= 4 is 29.6 Å². The van der Waals surface area contributed by atoms with Crippen molar-refractivity contribution in [2.24, 2.45) is 17.6 Å². The fraction of sp³-hybridized carbons (Fsp3) is 0.533. The third-order valence-corrected chi connectivity index (χ3v) is 5.62. The van der Waals surface area contributed by atoms with Gasteiger partial charge in [0, 0.05) is 24.6 Å². The second kappa shape index (κ2) is 6.01. The van der Waals surface area contributed by atoms with Crippen LogP contribution < -0.4 is 5.73 Å². The summed E-state index contributed by atoms with van der Waals surface area (Å²) in [5, 5.41) is 9.09. The van der Waals surface area contributed by atoms with Crippen LogP contribution in [0.25, 0.3) is 0 Å². The molecule has 124 valence electrons. The fourth-order valence-electron chi connectivity index (χ4n) is 3.28. The van der Waals surface area contributed by atoms with Gasteiger partial charge in [-0.15, -0.1) is 11.8 Å². The number of carboxylic acid groups (broad SMARTS) is 1. The summed E-state index contributed by atoms with van der Waals surface area (Å²) in [6, 6.07) is 0. The SMILES string of the molecule is CC(=O)OCC1CC(=C2C(=O)N3C=CC(N)S[C@H]23)CC1C(=O)O. The van der Waals surface area contributed by atoms with Crippen molar-refractivity contribution in [3.63, 3.8) is 0 Å². The van der Waals surface area contributed by atoms with Crippen LogP contribution in [-0.4, -0.2) is 45.2 Å². The van der Waals surface area contributed by atoms with Gasteiger partial charge in [-0.05, 0) is 18.9 Å². The largest absolute Gasteiger partial charge is 0.481 e. The lowest BCUT2D eigenvalue weighted by molar-refractivity contribution is -0.148. The van der Waals surface area contributed by atoms with Crippen LogP contribution in [0.4, 0.5) is 0 Å². The molecule has 2 heterocycles. The molecule has 2 fully saturated rings. The average Bonchev–Trinajstić information content (AvgIpc) is 2.88. The number of carbonyl (C=O) groups is 3. The molecule has 3 unspecified atom stereocenters. The molecular weight excluding hydrogens is 320 g/mol. The van der Waals surface area contributed by atoms with Crippen LogP contribution in [0.1, 0.15) is 19.8 Å². The Labute approximate surface area is 137 Å². The molecule has 3 aliphatic rings. The molecule has 0 radical (unpaired) electrons. The molecule has 0 aromatic rings. The number of hydrogen-bond donors (Lipinski definition) is 2. The number of nitrogens with two attached hydrogens (primary N) is 1. The molecule has 0 aromatic carbocycles. The number of allylic oxidation sites excluding steroid dienone is 1. The van der Waals surface area contributed by atoms with E-state index in [4.69, 9.17) is 10.5 Å². The summed E-state index contributed by atoms with van der Waals surface area (Å²) >= 11 is 1.47. The first-order valence-corrected chi connectivity index (χ1v) is 8.33. The summed E-state index contributed by atoms with van der Waals surface area (Å²) in [6.07, 6.45) is 4.25. The van der Waals surface area contributed by atoms with Gasteiger partial charge in [-0.2, -0.15) is 0 Å². The number of thioether (sulfide) groups is 1. The van der Waals surface area contributed by atoms with Gasteiger partial charge >= 0.3 is 11.9 Å². The predicted molar refractivity (Wildman–Crippen MR) is 82.8 cm³/mol. The molecule has 23 heavy (non-hydrogen) atoms. The van der Waals surface area contributed by atoms with Crippen molar-refractivity contribution in [1.82, 2.24) is 4.90 Å². The molecule has 1 aliphatic carbocycles. The maximum atomic E-state index is 12.3. The maximum absolute atomic E-state index is 12.3. The van der Waals surface area contributed by atoms with Gasteiger partial charge in [0.05, 0.1) is 17.9 Å². The molecule has 7 nitrogen and oxygen atoms in total. The summed E-state index contributed by atoms with van der Waals surface area (Å²) in [5.74, 6) is -2.36. The highest BCUT2D eigenvalue weighted by molar-refractivity contribution is 8.01. The summed E-state index contributed by atoms with van der Waals surface area (Å²) in [4.78, 5) is 36.3. The maximum Gasteiger partial charge on any atom is 0.307 e. The van der Waals surface area contributed by atoms with Crippen LogP contribution in [0.5, 0.6) is 0 Å². The van der Waals surface area contributed by atoms with Crippen molar-refractivity contribution in [2.45, 2.75) is 30.5 Å². The number of β-lactam (4-membered cyclic amide) rings is 1. The number of carboxylic acids is 1. The third-order valence-electron chi connectivity index (χ3n) is 4.43. The van der Waals surface area contributed by atoms with E-state index in [1.165, 1.54) is 18.7 Å². The number of amides is 1. The van der Waals surface area contributed by atoms with Crippen LogP contribution in [0.2, 0.25) is 0 Å². The van der Waals surface area contributed by atoms with Crippen molar-refractivity contribution in [1.29, 1.82) is 0 Å². The molecule has 0 spiro atoms. The van der Waals surface area contributed by atoms with Gasteiger partial charge in [-0.3, -0.25) is 19.3 Å². The van der Waals surface area contributed by atoms with Gasteiger partial charge < -0.3 is 15.6 Å². The second-order valence-electron chi connectivity index (χ2n) is 5.94. The van der Waals surface area contributed by atoms with Crippen molar-refractivity contribution in [3.8, 4) is 0 Å². The lowest BCUT2D eigenvalue weighted by Crippen LogP contribution is -2.53. The Morgan fingerprint density at radius 1 is 1.48 bits per heavy atom. The molecule has 8 heteroatoms. The monoisotopic (exact) mass is 338 g/mol. The molecule has 1 saturated carbocycles. The van der Waals surface area contributed by atoms with Crippen molar-refractivity contribution in [2.75, 3.05) is 6.61 Å². The second-order valence-corrected chi connectivity index (χ2v) is 7.20. The number of rotatable bonds is 3. The first-order valence-electron chi connectivity index (χ1n) is 7.38. The van der Waals surface area contributed by atoms with Crippen LogP contribution in [0.15, 0.2) is 23.4 Å². The van der Waals surface area contributed by atoms with Crippen LogP contribution in [-0.2, 0) is 19.1 Å². The number of esters is 1. The molecule has 2 aliphatic heterocycles. The highest BCUT2D eigenvalue weighted by Gasteiger charge is 2.48. The third kappa shape index (κ3) is 2.88. The zero-order valence-corrected chi connectivity index (χ0v) is 13.4. The Kier molecular flexibility index (Phi) is 4.20. The molecule has 0 bridgehead atoms. The minimum Gasteiger partial charge on any atom is -0.481 e. The van der Waals surface area contributed by atoms with Gasteiger partial charge in [-0.1, -0.05) is 5.57 Å². The zero-order valence-electron chi connectivity index (χ0n) is 12.6. The van der Waals surface area contributed by atoms with Gasteiger partial charge in [0.15, 0.2) is 0 Å². The van der Waals surface area contributed by atoms with Gasteiger partial charge in [0.1, 0.15) is 5.37 Å². The molecule has 3 N–H and O–H groups in total. The van der Waals surface area contributed by atoms with E-state index in [-0.39, 0.29) is 29.2 Å². The highest BCUT2D eigenvalue weighted by Crippen LogP contribution is 2.47. The highest BCUT2D eigenvalue weighted by atomic mass is 32.2. The summed E-state index contributed by atoms with van der Waals surface area (Å²) in [5.41, 5.74) is 7.41. The van der Waals surface area contributed by atoms with E-state index in [2.05, 4.69) is 0 Å². The number of nitrogens with zero attached hydrogens (tertiary/aromatic N) is 1. The Bertz CT molecular complexity index is 629. The molecule has 4 atom stereocenters. The molecule has 3 rings (SSSR count). The summed E-state index contributed by atoms with van der Waals surface area (Å²) < 4.78 is 4.98. The fourth-order valence-corrected chi connectivity index (χ4v) is 4.44. The number of hydrogen-bond acceptors (Lipinski definition) is 6. The van der Waals surface area contributed by atoms with Gasteiger partial charge in [0.25, 0.3) is 5.91 Å². The minimum absolute atomic E-state index is 0.0677. The number of ether oxygens (including phenoxy) is 1. The Balaban J connectivity index is 1.81. The van der Waals surface area contributed by atoms with Gasteiger partial charge in [-0.25, -0.2) is 0 Å². The van der Waals surface area contributed by atoms with E-state index < -0.39 is 17.9 Å². The van der Waals surface area contributed by atoms with Crippen LogP contribution in [0.3, 0.4) is 0 Å². The molecule has 1 amide bonds. The Morgan fingerprint density at radius 3 is 2.87 bits per heavy atom. The lowest BCUT2D eigenvalue weighted by atomic mass is 9.97. The van der Waals surface area contributed by atoms with E-state index in [1.54, 1.807) is 17.2 Å². The number of aliphatic carboxylic acids is 1. The predicted octanol–water partition coefficient (Wildman–Crippen LogP) is 0.670. The Hall–Kier alpha value is -1.80. The lowest BCUT2D eigenvalue weighted by Gasteiger charge is -2.44. The Morgan fingerprint density at radius 2 is 2.22 bits per heavy atom. The molecule has 0 aromatic heterocycles. The summed E-state index contributed by atoms with van der Waals surface area (Å²) in [7, 11) is 0. The minimum atomic E-state index is -0.922. The van der Waals surface area contributed by atoms with E-state index in [0.29, 0.717) is 18.4 Å². The molecule has 1 saturated heterocycles. The van der Waals surface area contributed by atoms with E-state index >= 15 is 0 Å². The quantitative estimate of drug-likeness (QED) is 0.442. The van der Waals surface area contributed by atoms with Crippen molar-refractivity contribution < 1.29 is 24.2 Å². The number of fused-ring (bicyclic) bond motifs is 1. The zero-order chi connectivity index (χ0) is 16.7.